The fourth-order valence-electron chi connectivity index (χ4n) is 3.66. The summed E-state index contributed by atoms with van der Waals surface area (Å²) >= 11 is 0. The van der Waals surface area contributed by atoms with E-state index in [9.17, 15) is 9.59 Å². The van der Waals surface area contributed by atoms with Crippen LogP contribution < -0.4 is 10.6 Å². The molecule has 0 bridgehead atoms. The molecule has 5 nitrogen and oxygen atoms in total. The highest BCUT2D eigenvalue weighted by Crippen LogP contribution is 2.58. The van der Waals surface area contributed by atoms with E-state index in [1.54, 1.807) is 0 Å². The molecular weight excluding hydrogens is 328 g/mol. The fourth-order valence-corrected chi connectivity index (χ4v) is 3.66. The van der Waals surface area contributed by atoms with Crippen LogP contribution in [0.3, 0.4) is 0 Å². The highest BCUT2D eigenvalue weighted by Gasteiger charge is 2.57. The van der Waals surface area contributed by atoms with Crippen molar-refractivity contribution in [3.05, 3.63) is 35.9 Å². The number of ether oxygens (including phenoxy) is 1. The molecule has 0 radical (unpaired) electrons. The van der Waals surface area contributed by atoms with Gasteiger partial charge >= 0.3 is 5.97 Å². The number of halogens is 1. The molecule has 1 aromatic carbocycles. The van der Waals surface area contributed by atoms with Gasteiger partial charge in [0, 0.05) is 5.92 Å². The minimum absolute atomic E-state index is 0. The van der Waals surface area contributed by atoms with E-state index in [-0.39, 0.29) is 48.1 Å². The van der Waals surface area contributed by atoms with Gasteiger partial charge in [0.1, 0.15) is 0 Å². The molecule has 1 amide bonds. The second kappa shape index (κ2) is 7.99. The first kappa shape index (κ1) is 18.7. The van der Waals surface area contributed by atoms with Gasteiger partial charge in [-0.15, -0.1) is 12.4 Å². The van der Waals surface area contributed by atoms with Gasteiger partial charge < -0.3 is 15.4 Å². The summed E-state index contributed by atoms with van der Waals surface area (Å²) in [5.41, 5.74) is 1.13. The topological polar surface area (TPSA) is 67.4 Å². The summed E-state index contributed by atoms with van der Waals surface area (Å²) < 4.78 is 4.77. The Morgan fingerprint density at radius 3 is 2.58 bits per heavy atom. The third kappa shape index (κ3) is 4.08. The number of piperidine rings is 1. The summed E-state index contributed by atoms with van der Waals surface area (Å²) in [6, 6.07) is 9.29. The van der Waals surface area contributed by atoms with Crippen LogP contribution >= 0.6 is 12.4 Å². The van der Waals surface area contributed by atoms with Gasteiger partial charge in [0.2, 0.25) is 5.91 Å². The molecule has 2 fully saturated rings. The number of amides is 1. The summed E-state index contributed by atoms with van der Waals surface area (Å²) in [6.45, 7) is 1.99. The van der Waals surface area contributed by atoms with Crippen LogP contribution in [-0.4, -0.2) is 32.1 Å². The van der Waals surface area contributed by atoms with Crippen molar-refractivity contribution in [2.75, 3.05) is 20.2 Å². The van der Waals surface area contributed by atoms with E-state index in [1.165, 1.54) is 7.11 Å². The van der Waals surface area contributed by atoms with Crippen molar-refractivity contribution in [1.29, 1.82) is 0 Å². The van der Waals surface area contributed by atoms with E-state index in [1.807, 2.05) is 30.3 Å². The highest BCUT2D eigenvalue weighted by atomic mass is 35.5. The number of carbonyl (C=O) groups is 2. The number of nitrogens with one attached hydrogen (secondary N) is 2. The lowest BCUT2D eigenvalue weighted by Crippen LogP contribution is -2.36. The minimum atomic E-state index is -0.324. The SMILES string of the molecule is COC(=O)CC(NC(=O)C1CC12CCNCC2)c1ccccc1.Cl. The zero-order valence-electron chi connectivity index (χ0n) is 13.9. The molecule has 2 N–H and O–H groups in total. The number of carbonyl (C=O) groups excluding carboxylic acids is 2. The Morgan fingerprint density at radius 1 is 1.29 bits per heavy atom. The zero-order valence-corrected chi connectivity index (χ0v) is 14.7. The molecule has 1 aromatic rings. The Kier molecular flexibility index (Phi) is 6.24. The Bertz CT molecular complexity index is 573. The van der Waals surface area contributed by atoms with E-state index >= 15 is 0 Å². The molecule has 1 saturated carbocycles. The molecule has 1 aliphatic carbocycles. The maximum atomic E-state index is 12.6. The van der Waals surface area contributed by atoms with E-state index in [2.05, 4.69) is 10.6 Å². The Balaban J connectivity index is 0.00000208. The average molecular weight is 353 g/mol. The van der Waals surface area contributed by atoms with Crippen molar-refractivity contribution in [2.24, 2.45) is 11.3 Å². The first-order chi connectivity index (χ1) is 11.1. The van der Waals surface area contributed by atoms with Gasteiger partial charge in [-0.3, -0.25) is 9.59 Å². The van der Waals surface area contributed by atoms with Crippen LogP contribution in [0.4, 0.5) is 0 Å². The van der Waals surface area contributed by atoms with E-state index < -0.39 is 0 Å². The second-order valence-corrected chi connectivity index (χ2v) is 6.62. The quantitative estimate of drug-likeness (QED) is 0.797. The number of benzene rings is 1. The fraction of sp³-hybridized carbons (Fsp3) is 0.556. The van der Waals surface area contributed by atoms with Crippen molar-refractivity contribution >= 4 is 24.3 Å². The normalized spacial score (nSPS) is 22.1. The van der Waals surface area contributed by atoms with Gasteiger partial charge in [-0.05, 0) is 43.3 Å². The van der Waals surface area contributed by atoms with Crippen molar-refractivity contribution < 1.29 is 14.3 Å². The third-order valence-corrected chi connectivity index (χ3v) is 5.22. The average Bonchev–Trinajstić information content (AvgIpc) is 3.28. The maximum Gasteiger partial charge on any atom is 0.307 e. The van der Waals surface area contributed by atoms with Crippen LogP contribution in [0.15, 0.2) is 30.3 Å². The summed E-state index contributed by atoms with van der Waals surface area (Å²) in [6.07, 6.45) is 3.27. The smallest absolute Gasteiger partial charge is 0.307 e. The van der Waals surface area contributed by atoms with Crippen molar-refractivity contribution in [3.8, 4) is 0 Å². The Hall–Kier alpha value is -1.59. The largest absolute Gasteiger partial charge is 0.469 e. The number of methoxy groups -OCH3 is 1. The molecule has 1 saturated heterocycles. The Morgan fingerprint density at radius 2 is 1.96 bits per heavy atom. The summed E-state index contributed by atoms with van der Waals surface area (Å²) in [7, 11) is 1.37. The molecule has 1 aliphatic heterocycles. The van der Waals surface area contributed by atoms with Gasteiger partial charge in [0.25, 0.3) is 0 Å². The summed E-state index contributed by atoms with van der Waals surface area (Å²) in [4.78, 5) is 24.3. The summed E-state index contributed by atoms with van der Waals surface area (Å²) in [5, 5.41) is 6.42. The van der Waals surface area contributed by atoms with Crippen molar-refractivity contribution in [2.45, 2.75) is 31.7 Å². The number of rotatable bonds is 5. The third-order valence-electron chi connectivity index (χ3n) is 5.22. The van der Waals surface area contributed by atoms with Crippen LogP contribution in [0.2, 0.25) is 0 Å². The molecule has 0 aromatic heterocycles. The van der Waals surface area contributed by atoms with Crippen LogP contribution in [0.1, 0.15) is 37.3 Å². The van der Waals surface area contributed by atoms with Crippen LogP contribution in [-0.2, 0) is 14.3 Å². The van der Waals surface area contributed by atoms with Crippen LogP contribution in [0.25, 0.3) is 0 Å². The van der Waals surface area contributed by atoms with Crippen LogP contribution in [0, 0.1) is 11.3 Å². The van der Waals surface area contributed by atoms with Gasteiger partial charge in [0.15, 0.2) is 0 Å². The maximum absolute atomic E-state index is 12.6. The highest BCUT2D eigenvalue weighted by molar-refractivity contribution is 5.85. The van der Waals surface area contributed by atoms with E-state index in [4.69, 9.17) is 4.74 Å². The molecule has 132 valence electrons. The second-order valence-electron chi connectivity index (χ2n) is 6.62. The number of esters is 1. The predicted octanol–water partition coefficient (Wildman–Crippen LogP) is 2.22. The molecule has 1 spiro atoms. The number of hydrogen-bond donors (Lipinski definition) is 2. The lowest BCUT2D eigenvalue weighted by atomic mass is 9.91. The zero-order chi connectivity index (χ0) is 16.3. The van der Waals surface area contributed by atoms with Crippen LogP contribution in [0.5, 0.6) is 0 Å². The molecule has 2 atom stereocenters. The predicted molar refractivity (Wildman–Crippen MR) is 93.9 cm³/mol. The first-order valence-corrected chi connectivity index (χ1v) is 8.27. The molecule has 3 rings (SSSR count). The lowest BCUT2D eigenvalue weighted by molar-refractivity contribution is -0.141. The number of hydrogen-bond acceptors (Lipinski definition) is 4. The molecule has 2 aliphatic rings. The van der Waals surface area contributed by atoms with Gasteiger partial charge in [-0.2, -0.15) is 0 Å². The molecule has 1 heterocycles. The molecule has 2 unspecified atom stereocenters. The van der Waals surface area contributed by atoms with Gasteiger partial charge in [-0.25, -0.2) is 0 Å². The lowest BCUT2D eigenvalue weighted by Gasteiger charge is -2.24. The first-order valence-electron chi connectivity index (χ1n) is 8.27. The molecular formula is C18H25ClN2O3. The standard InChI is InChI=1S/C18H24N2O3.ClH/c1-23-16(21)11-15(13-5-3-2-4-6-13)20-17(22)14-12-18(14)7-9-19-10-8-18;/h2-6,14-15,19H,7-12H2,1H3,(H,20,22);1H. The van der Waals surface area contributed by atoms with Crippen molar-refractivity contribution in [1.82, 2.24) is 10.6 Å². The van der Waals surface area contributed by atoms with Crippen molar-refractivity contribution in [3.63, 3.8) is 0 Å². The molecule has 24 heavy (non-hydrogen) atoms. The molecule has 6 heteroatoms. The van der Waals surface area contributed by atoms with E-state index in [0.29, 0.717) is 0 Å². The summed E-state index contributed by atoms with van der Waals surface area (Å²) in [5.74, 6) is -0.148. The minimum Gasteiger partial charge on any atom is -0.469 e. The monoisotopic (exact) mass is 352 g/mol. The van der Waals surface area contributed by atoms with E-state index in [0.717, 1.165) is 37.9 Å². The van der Waals surface area contributed by atoms with Gasteiger partial charge in [0.05, 0.1) is 19.6 Å². The Labute approximate surface area is 148 Å². The van der Waals surface area contributed by atoms with Gasteiger partial charge in [-0.1, -0.05) is 30.3 Å².